The number of rotatable bonds is 8. The smallest absolute Gasteiger partial charge is 0.296 e. The number of anilines is 1. The molecule has 0 amide bonds. The third-order valence-corrected chi connectivity index (χ3v) is 3.03. The molecule has 0 aliphatic heterocycles. The third kappa shape index (κ3) is 4.49. The summed E-state index contributed by atoms with van der Waals surface area (Å²) in [5, 5.41) is 23.6. The summed E-state index contributed by atoms with van der Waals surface area (Å²) in [5.74, 6) is 1.04. The van der Waals surface area contributed by atoms with Gasteiger partial charge in [0, 0.05) is 12.1 Å². The standard InChI is InChI=1S/C14H22N2O5/c1-9(2)5-10(8-17)15-11-6-13(20-3)14(21-4)7-12(11)16(18)19/h6-7,9-10,15,17H,5,8H2,1-4H3. The monoisotopic (exact) mass is 298 g/mol. The predicted molar refractivity (Wildman–Crippen MR) is 80.2 cm³/mol. The zero-order valence-electron chi connectivity index (χ0n) is 12.8. The van der Waals surface area contributed by atoms with Crippen molar-refractivity contribution in [2.24, 2.45) is 5.92 Å². The van der Waals surface area contributed by atoms with Crippen LogP contribution in [-0.2, 0) is 0 Å². The van der Waals surface area contributed by atoms with E-state index >= 15 is 0 Å². The third-order valence-electron chi connectivity index (χ3n) is 3.03. The molecule has 0 spiro atoms. The van der Waals surface area contributed by atoms with Crippen molar-refractivity contribution in [3.8, 4) is 11.5 Å². The molecule has 7 nitrogen and oxygen atoms in total. The first kappa shape index (κ1) is 17.0. The van der Waals surface area contributed by atoms with E-state index in [1.807, 2.05) is 13.8 Å². The highest BCUT2D eigenvalue weighted by atomic mass is 16.6. The van der Waals surface area contributed by atoms with Gasteiger partial charge in [-0.25, -0.2) is 0 Å². The number of nitro benzene ring substituents is 1. The Hall–Kier alpha value is -2.02. The maximum atomic E-state index is 11.2. The van der Waals surface area contributed by atoms with Gasteiger partial charge in [0.1, 0.15) is 5.69 Å². The molecule has 1 unspecified atom stereocenters. The summed E-state index contributed by atoms with van der Waals surface area (Å²) >= 11 is 0. The average Bonchev–Trinajstić information content (AvgIpc) is 2.45. The largest absolute Gasteiger partial charge is 0.493 e. The molecule has 0 saturated heterocycles. The lowest BCUT2D eigenvalue weighted by molar-refractivity contribution is -0.384. The van der Waals surface area contributed by atoms with E-state index in [9.17, 15) is 15.2 Å². The topological polar surface area (TPSA) is 93.9 Å². The Morgan fingerprint density at radius 1 is 1.29 bits per heavy atom. The van der Waals surface area contributed by atoms with Crippen molar-refractivity contribution in [1.82, 2.24) is 0 Å². The van der Waals surface area contributed by atoms with Crippen LogP contribution in [0, 0.1) is 16.0 Å². The maximum absolute atomic E-state index is 11.2. The number of hydrogen-bond donors (Lipinski definition) is 2. The van der Waals surface area contributed by atoms with Gasteiger partial charge in [0.25, 0.3) is 5.69 Å². The molecule has 7 heteroatoms. The molecule has 0 saturated carbocycles. The van der Waals surface area contributed by atoms with E-state index in [1.54, 1.807) is 0 Å². The van der Waals surface area contributed by atoms with Crippen molar-refractivity contribution in [2.75, 3.05) is 26.1 Å². The Morgan fingerprint density at radius 2 is 1.86 bits per heavy atom. The van der Waals surface area contributed by atoms with Crippen molar-refractivity contribution < 1.29 is 19.5 Å². The number of benzene rings is 1. The van der Waals surface area contributed by atoms with Gasteiger partial charge in [0.2, 0.25) is 0 Å². The van der Waals surface area contributed by atoms with Gasteiger partial charge < -0.3 is 19.9 Å². The number of nitrogens with one attached hydrogen (secondary N) is 1. The summed E-state index contributed by atoms with van der Waals surface area (Å²) in [6.45, 7) is 3.93. The molecule has 1 aromatic rings. The quantitative estimate of drug-likeness (QED) is 0.565. The van der Waals surface area contributed by atoms with Crippen LogP contribution >= 0.6 is 0 Å². The van der Waals surface area contributed by atoms with Gasteiger partial charge in [-0.1, -0.05) is 13.8 Å². The fourth-order valence-electron chi connectivity index (χ4n) is 2.10. The number of aliphatic hydroxyl groups excluding tert-OH is 1. The zero-order valence-corrected chi connectivity index (χ0v) is 12.8. The Morgan fingerprint density at radius 3 is 2.29 bits per heavy atom. The molecule has 0 aliphatic rings. The van der Waals surface area contributed by atoms with Gasteiger partial charge in [0.15, 0.2) is 11.5 Å². The summed E-state index contributed by atoms with van der Waals surface area (Å²) in [5.41, 5.74) is 0.187. The fourth-order valence-corrected chi connectivity index (χ4v) is 2.10. The molecule has 1 atom stereocenters. The van der Waals surface area contributed by atoms with Gasteiger partial charge in [-0.05, 0) is 12.3 Å². The number of nitro groups is 1. The van der Waals surface area contributed by atoms with Crippen molar-refractivity contribution in [3.05, 3.63) is 22.2 Å². The average molecular weight is 298 g/mol. The summed E-state index contributed by atoms with van der Waals surface area (Å²) < 4.78 is 10.2. The molecule has 0 aromatic heterocycles. The van der Waals surface area contributed by atoms with Crippen molar-refractivity contribution >= 4 is 11.4 Å². The molecule has 2 N–H and O–H groups in total. The van der Waals surface area contributed by atoms with Crippen LogP contribution in [0.5, 0.6) is 11.5 Å². The lowest BCUT2D eigenvalue weighted by Gasteiger charge is -2.20. The van der Waals surface area contributed by atoms with Crippen LogP contribution < -0.4 is 14.8 Å². The maximum Gasteiger partial charge on any atom is 0.296 e. The van der Waals surface area contributed by atoms with E-state index in [0.717, 1.165) is 0 Å². The number of ether oxygens (including phenoxy) is 2. The van der Waals surface area contributed by atoms with Crippen molar-refractivity contribution in [3.63, 3.8) is 0 Å². The van der Waals surface area contributed by atoms with E-state index in [1.165, 1.54) is 26.4 Å². The first-order valence-corrected chi connectivity index (χ1v) is 6.70. The number of hydrogen-bond acceptors (Lipinski definition) is 6. The Bertz CT molecular complexity index is 490. The highest BCUT2D eigenvalue weighted by Crippen LogP contribution is 2.38. The fraction of sp³-hybridized carbons (Fsp3) is 0.571. The van der Waals surface area contributed by atoms with Gasteiger partial charge in [-0.3, -0.25) is 10.1 Å². The molecular formula is C14H22N2O5. The summed E-state index contributed by atoms with van der Waals surface area (Å²) in [4.78, 5) is 10.7. The van der Waals surface area contributed by atoms with Crippen LogP contribution in [0.4, 0.5) is 11.4 Å². The molecule has 0 radical (unpaired) electrons. The first-order valence-electron chi connectivity index (χ1n) is 6.70. The molecule has 0 aliphatic carbocycles. The second-order valence-corrected chi connectivity index (χ2v) is 5.13. The van der Waals surface area contributed by atoms with Crippen molar-refractivity contribution in [1.29, 1.82) is 0 Å². The van der Waals surface area contributed by atoms with E-state index in [0.29, 0.717) is 29.5 Å². The number of nitrogens with zero attached hydrogens (tertiary/aromatic N) is 1. The molecule has 1 rings (SSSR count). The molecule has 0 fully saturated rings. The molecule has 0 bridgehead atoms. The van der Waals surface area contributed by atoms with Crippen molar-refractivity contribution in [2.45, 2.75) is 26.3 Å². The van der Waals surface area contributed by atoms with Crippen LogP contribution in [0.1, 0.15) is 20.3 Å². The van der Waals surface area contributed by atoms with Crippen LogP contribution in [-0.4, -0.2) is 36.9 Å². The van der Waals surface area contributed by atoms with Crippen LogP contribution in [0.15, 0.2) is 12.1 Å². The van der Waals surface area contributed by atoms with Gasteiger partial charge in [0.05, 0.1) is 31.8 Å². The number of aliphatic hydroxyl groups is 1. The van der Waals surface area contributed by atoms with Gasteiger partial charge in [-0.15, -0.1) is 0 Å². The normalized spacial score (nSPS) is 12.1. The minimum absolute atomic E-state index is 0.107. The molecule has 118 valence electrons. The number of methoxy groups -OCH3 is 2. The molecule has 0 heterocycles. The SMILES string of the molecule is COc1cc(NC(CO)CC(C)C)c([N+](=O)[O-])cc1OC. The van der Waals surface area contributed by atoms with Gasteiger partial charge >= 0.3 is 0 Å². The Balaban J connectivity index is 3.16. The lowest BCUT2D eigenvalue weighted by atomic mass is 10.0. The summed E-state index contributed by atoms with van der Waals surface area (Å²) in [6, 6.07) is 2.56. The van der Waals surface area contributed by atoms with Crippen LogP contribution in [0.25, 0.3) is 0 Å². The zero-order chi connectivity index (χ0) is 16.0. The van der Waals surface area contributed by atoms with E-state index < -0.39 is 4.92 Å². The molecular weight excluding hydrogens is 276 g/mol. The van der Waals surface area contributed by atoms with Crippen LogP contribution in [0.3, 0.4) is 0 Å². The van der Waals surface area contributed by atoms with E-state index in [2.05, 4.69) is 5.32 Å². The van der Waals surface area contributed by atoms with E-state index in [4.69, 9.17) is 9.47 Å². The lowest BCUT2D eigenvalue weighted by Crippen LogP contribution is -2.26. The highest BCUT2D eigenvalue weighted by molar-refractivity contribution is 5.68. The Kier molecular flexibility index (Phi) is 6.23. The van der Waals surface area contributed by atoms with Gasteiger partial charge in [-0.2, -0.15) is 0 Å². The van der Waals surface area contributed by atoms with Crippen LogP contribution in [0.2, 0.25) is 0 Å². The molecule has 21 heavy (non-hydrogen) atoms. The summed E-state index contributed by atoms with van der Waals surface area (Å²) in [6.07, 6.45) is 0.696. The molecule has 1 aromatic carbocycles. The second-order valence-electron chi connectivity index (χ2n) is 5.13. The Labute approximate surface area is 124 Å². The minimum Gasteiger partial charge on any atom is -0.493 e. The summed E-state index contributed by atoms with van der Waals surface area (Å²) in [7, 11) is 2.88. The first-order chi connectivity index (χ1) is 9.92. The highest BCUT2D eigenvalue weighted by Gasteiger charge is 2.22. The predicted octanol–water partition coefficient (Wildman–Crippen LogP) is 2.43. The van der Waals surface area contributed by atoms with E-state index in [-0.39, 0.29) is 18.3 Å². The second kappa shape index (κ2) is 7.68. The minimum atomic E-state index is -0.492.